The maximum atomic E-state index is 11.1. The standard InChI is InChI=1S/C10H10ClNOS/c1-10(12-9(13)6-14-10)7-2-4-8(11)5-3-7/h2-5H,6H2,1H3,(H,12,13)/t10-/m0/s1. The van der Waals surface area contributed by atoms with Gasteiger partial charge in [-0.2, -0.15) is 0 Å². The molecular weight excluding hydrogens is 218 g/mol. The Morgan fingerprint density at radius 1 is 1.43 bits per heavy atom. The number of hydrogen-bond acceptors (Lipinski definition) is 2. The molecule has 1 aromatic rings. The molecule has 0 bridgehead atoms. The smallest absolute Gasteiger partial charge is 0.231 e. The van der Waals surface area contributed by atoms with Crippen molar-refractivity contribution in [2.24, 2.45) is 0 Å². The van der Waals surface area contributed by atoms with Crippen LogP contribution in [0.5, 0.6) is 0 Å². The fourth-order valence-corrected chi connectivity index (χ4v) is 2.58. The lowest BCUT2D eigenvalue weighted by molar-refractivity contribution is -0.118. The van der Waals surface area contributed by atoms with Gasteiger partial charge in [0.05, 0.1) is 5.75 Å². The molecule has 1 heterocycles. The normalized spacial score (nSPS) is 26.3. The summed E-state index contributed by atoms with van der Waals surface area (Å²) >= 11 is 7.41. The first-order chi connectivity index (χ1) is 6.60. The molecule has 0 radical (unpaired) electrons. The molecule has 1 N–H and O–H groups in total. The van der Waals surface area contributed by atoms with E-state index < -0.39 is 0 Å². The molecule has 1 aliphatic rings. The molecule has 2 rings (SSSR count). The van der Waals surface area contributed by atoms with E-state index in [0.717, 1.165) is 5.56 Å². The molecule has 1 saturated heterocycles. The number of nitrogens with one attached hydrogen (secondary N) is 1. The van der Waals surface area contributed by atoms with E-state index in [1.165, 1.54) is 0 Å². The first-order valence-electron chi connectivity index (χ1n) is 4.31. The highest BCUT2D eigenvalue weighted by molar-refractivity contribution is 8.01. The molecule has 4 heteroatoms. The molecule has 14 heavy (non-hydrogen) atoms. The topological polar surface area (TPSA) is 29.1 Å². The minimum Gasteiger partial charge on any atom is -0.337 e. The van der Waals surface area contributed by atoms with Crippen molar-refractivity contribution in [3.8, 4) is 0 Å². The van der Waals surface area contributed by atoms with E-state index >= 15 is 0 Å². The fourth-order valence-electron chi connectivity index (χ4n) is 1.47. The number of benzene rings is 1. The Hall–Kier alpha value is -0.670. The molecule has 1 amide bonds. The summed E-state index contributed by atoms with van der Waals surface area (Å²) in [6, 6.07) is 7.57. The summed E-state index contributed by atoms with van der Waals surface area (Å²) in [6.45, 7) is 2.01. The summed E-state index contributed by atoms with van der Waals surface area (Å²) in [4.78, 5) is 10.9. The number of carbonyl (C=O) groups excluding carboxylic acids is 1. The zero-order valence-corrected chi connectivity index (χ0v) is 9.28. The Bertz CT molecular complexity index is 365. The average molecular weight is 228 g/mol. The highest BCUT2D eigenvalue weighted by atomic mass is 35.5. The van der Waals surface area contributed by atoms with Crippen molar-refractivity contribution in [2.75, 3.05) is 5.75 Å². The van der Waals surface area contributed by atoms with Crippen LogP contribution in [-0.2, 0) is 9.67 Å². The Labute approximate surface area is 92.0 Å². The highest BCUT2D eigenvalue weighted by Gasteiger charge is 2.35. The first-order valence-corrected chi connectivity index (χ1v) is 5.67. The van der Waals surface area contributed by atoms with Gasteiger partial charge in [-0.1, -0.05) is 23.7 Å². The van der Waals surface area contributed by atoms with Crippen LogP contribution in [0.2, 0.25) is 5.02 Å². The lowest BCUT2D eigenvalue weighted by Crippen LogP contribution is -2.33. The summed E-state index contributed by atoms with van der Waals surface area (Å²) in [5, 5.41) is 3.66. The van der Waals surface area contributed by atoms with Crippen LogP contribution < -0.4 is 5.32 Å². The van der Waals surface area contributed by atoms with Gasteiger partial charge >= 0.3 is 0 Å². The second-order valence-corrected chi connectivity index (χ2v) is 5.21. The van der Waals surface area contributed by atoms with Crippen LogP contribution in [0.1, 0.15) is 12.5 Å². The Morgan fingerprint density at radius 3 is 2.57 bits per heavy atom. The lowest BCUT2D eigenvalue weighted by Gasteiger charge is -2.23. The van der Waals surface area contributed by atoms with Crippen LogP contribution in [0.4, 0.5) is 0 Å². The molecular formula is C10H10ClNOS. The van der Waals surface area contributed by atoms with E-state index in [9.17, 15) is 4.79 Å². The first kappa shape index (κ1) is 9.87. The summed E-state index contributed by atoms with van der Waals surface area (Å²) in [6.07, 6.45) is 0. The summed E-state index contributed by atoms with van der Waals surface area (Å²) in [7, 11) is 0. The number of thioether (sulfide) groups is 1. The molecule has 1 aliphatic heterocycles. The third kappa shape index (κ3) is 1.74. The zero-order chi connectivity index (χ0) is 10.2. The van der Waals surface area contributed by atoms with Gasteiger partial charge in [-0.05, 0) is 24.6 Å². The van der Waals surface area contributed by atoms with Gasteiger partial charge in [0.25, 0.3) is 0 Å². The van der Waals surface area contributed by atoms with E-state index in [0.29, 0.717) is 10.8 Å². The SMILES string of the molecule is C[C@]1(c2ccc(Cl)cc2)NC(=O)CS1. The molecule has 0 aromatic heterocycles. The van der Waals surface area contributed by atoms with E-state index in [1.807, 2.05) is 31.2 Å². The largest absolute Gasteiger partial charge is 0.337 e. The Balaban J connectivity index is 2.30. The number of amides is 1. The number of rotatable bonds is 1. The third-order valence-electron chi connectivity index (χ3n) is 2.26. The number of carbonyl (C=O) groups is 1. The maximum Gasteiger partial charge on any atom is 0.231 e. The van der Waals surface area contributed by atoms with Crippen LogP contribution in [0.3, 0.4) is 0 Å². The number of halogens is 1. The van der Waals surface area contributed by atoms with Gasteiger partial charge in [0.1, 0.15) is 4.87 Å². The van der Waals surface area contributed by atoms with Gasteiger partial charge in [-0.25, -0.2) is 0 Å². The van der Waals surface area contributed by atoms with Gasteiger partial charge in [0.2, 0.25) is 5.91 Å². The molecule has 0 unspecified atom stereocenters. The molecule has 1 aromatic carbocycles. The zero-order valence-electron chi connectivity index (χ0n) is 7.71. The van der Waals surface area contributed by atoms with Gasteiger partial charge < -0.3 is 5.32 Å². The highest BCUT2D eigenvalue weighted by Crippen LogP contribution is 2.37. The lowest BCUT2D eigenvalue weighted by atomic mass is 10.1. The third-order valence-corrected chi connectivity index (χ3v) is 3.84. The number of hydrogen-bond donors (Lipinski definition) is 1. The van der Waals surface area contributed by atoms with Crippen molar-refractivity contribution in [1.29, 1.82) is 0 Å². The Morgan fingerprint density at radius 2 is 2.07 bits per heavy atom. The molecule has 0 spiro atoms. The average Bonchev–Trinajstić information content (AvgIpc) is 2.48. The van der Waals surface area contributed by atoms with Crippen LogP contribution >= 0.6 is 23.4 Å². The van der Waals surface area contributed by atoms with E-state index in [2.05, 4.69) is 5.32 Å². The van der Waals surface area contributed by atoms with Gasteiger partial charge in [0, 0.05) is 5.02 Å². The van der Waals surface area contributed by atoms with Crippen LogP contribution in [-0.4, -0.2) is 11.7 Å². The molecule has 0 aliphatic carbocycles. The minimum absolute atomic E-state index is 0.0902. The van der Waals surface area contributed by atoms with Crippen LogP contribution in [0, 0.1) is 0 Å². The second-order valence-electron chi connectivity index (χ2n) is 3.38. The van der Waals surface area contributed by atoms with E-state index in [-0.39, 0.29) is 10.8 Å². The predicted octanol–water partition coefficient (Wildman–Crippen LogP) is 2.38. The van der Waals surface area contributed by atoms with Crippen molar-refractivity contribution in [3.63, 3.8) is 0 Å². The maximum absolute atomic E-state index is 11.1. The monoisotopic (exact) mass is 227 g/mol. The second kappa shape index (κ2) is 3.48. The molecule has 0 saturated carbocycles. The van der Waals surface area contributed by atoms with Crippen molar-refractivity contribution in [1.82, 2.24) is 5.32 Å². The van der Waals surface area contributed by atoms with Gasteiger partial charge in [-0.3, -0.25) is 4.79 Å². The van der Waals surface area contributed by atoms with Crippen molar-refractivity contribution >= 4 is 29.3 Å². The molecule has 2 nitrogen and oxygen atoms in total. The molecule has 1 fully saturated rings. The van der Waals surface area contributed by atoms with Crippen molar-refractivity contribution in [3.05, 3.63) is 34.9 Å². The summed E-state index contributed by atoms with van der Waals surface area (Å²) in [5.74, 6) is 0.617. The summed E-state index contributed by atoms with van der Waals surface area (Å²) in [5.41, 5.74) is 1.08. The minimum atomic E-state index is -0.290. The van der Waals surface area contributed by atoms with Crippen LogP contribution in [0.15, 0.2) is 24.3 Å². The molecule has 74 valence electrons. The van der Waals surface area contributed by atoms with Crippen molar-refractivity contribution < 1.29 is 4.79 Å². The fraction of sp³-hybridized carbons (Fsp3) is 0.300. The van der Waals surface area contributed by atoms with Gasteiger partial charge in [0.15, 0.2) is 0 Å². The van der Waals surface area contributed by atoms with Crippen LogP contribution in [0.25, 0.3) is 0 Å². The van der Waals surface area contributed by atoms with Gasteiger partial charge in [-0.15, -0.1) is 11.8 Å². The van der Waals surface area contributed by atoms with Crippen molar-refractivity contribution in [2.45, 2.75) is 11.8 Å². The summed E-state index contributed by atoms with van der Waals surface area (Å²) < 4.78 is 0. The predicted molar refractivity (Wildman–Crippen MR) is 59.4 cm³/mol. The van der Waals surface area contributed by atoms with E-state index in [4.69, 9.17) is 11.6 Å². The quantitative estimate of drug-likeness (QED) is 0.798. The molecule has 1 atom stereocenters. The van der Waals surface area contributed by atoms with E-state index in [1.54, 1.807) is 11.8 Å². The Kier molecular flexibility index (Phi) is 2.45.